The van der Waals surface area contributed by atoms with Gasteiger partial charge in [-0.2, -0.15) is 0 Å². The van der Waals surface area contributed by atoms with E-state index in [0.717, 1.165) is 36.6 Å². The van der Waals surface area contributed by atoms with Gasteiger partial charge in [-0.15, -0.1) is 0 Å². The molecule has 3 heteroatoms. The molecule has 0 radical (unpaired) electrons. The van der Waals surface area contributed by atoms with E-state index in [9.17, 15) is 0 Å². The number of fused-ring (bicyclic) bond motifs is 1. The van der Waals surface area contributed by atoms with E-state index >= 15 is 0 Å². The maximum Gasteiger partial charge on any atom is 0.160 e. The van der Waals surface area contributed by atoms with E-state index < -0.39 is 0 Å². The van der Waals surface area contributed by atoms with Gasteiger partial charge in [0.15, 0.2) is 5.82 Å². The fraction of sp³-hybridized carbons (Fsp3) is 0.222. The number of benzene rings is 2. The summed E-state index contributed by atoms with van der Waals surface area (Å²) < 4.78 is 0. The van der Waals surface area contributed by atoms with Crippen LogP contribution in [-0.4, -0.2) is 16.5 Å². The third-order valence-corrected chi connectivity index (χ3v) is 3.48. The Bertz CT molecular complexity index is 732. The summed E-state index contributed by atoms with van der Waals surface area (Å²) in [4.78, 5) is 9.14. The normalized spacial score (nSPS) is 10.9. The summed E-state index contributed by atoms with van der Waals surface area (Å²) >= 11 is 0. The molecule has 21 heavy (non-hydrogen) atoms. The molecule has 0 aliphatic rings. The second-order valence-electron chi connectivity index (χ2n) is 5.08. The van der Waals surface area contributed by atoms with Crippen molar-refractivity contribution in [1.82, 2.24) is 15.3 Å². The number of hydrogen-bond acceptors (Lipinski definition) is 3. The predicted octanol–water partition coefficient (Wildman–Crippen LogP) is 3.80. The molecule has 3 rings (SSSR count). The quantitative estimate of drug-likeness (QED) is 0.721. The van der Waals surface area contributed by atoms with Crippen molar-refractivity contribution >= 4 is 10.8 Å². The molecule has 0 unspecified atom stereocenters. The van der Waals surface area contributed by atoms with Crippen LogP contribution in [0.1, 0.15) is 19.0 Å². The molecule has 0 bridgehead atoms. The van der Waals surface area contributed by atoms with Crippen molar-refractivity contribution in [3.05, 3.63) is 60.4 Å². The Hall–Kier alpha value is -2.26. The van der Waals surface area contributed by atoms with Crippen LogP contribution < -0.4 is 5.32 Å². The summed E-state index contributed by atoms with van der Waals surface area (Å²) in [6.07, 6.45) is 2.97. The first-order valence-electron chi connectivity index (χ1n) is 7.39. The summed E-state index contributed by atoms with van der Waals surface area (Å²) in [7, 11) is 0. The maximum absolute atomic E-state index is 4.69. The lowest BCUT2D eigenvalue weighted by Gasteiger charge is -2.07. The Kier molecular flexibility index (Phi) is 4.22. The fourth-order valence-electron chi connectivity index (χ4n) is 2.44. The van der Waals surface area contributed by atoms with Crippen molar-refractivity contribution in [1.29, 1.82) is 0 Å². The summed E-state index contributed by atoms with van der Waals surface area (Å²) in [6.45, 7) is 3.95. The summed E-state index contributed by atoms with van der Waals surface area (Å²) in [5.41, 5.74) is 2.12. The van der Waals surface area contributed by atoms with Crippen LogP contribution in [0.2, 0.25) is 0 Å². The van der Waals surface area contributed by atoms with Gasteiger partial charge in [0.25, 0.3) is 0 Å². The van der Waals surface area contributed by atoms with Gasteiger partial charge < -0.3 is 5.32 Å². The van der Waals surface area contributed by atoms with Crippen LogP contribution in [0.3, 0.4) is 0 Å². The summed E-state index contributed by atoms with van der Waals surface area (Å²) in [5, 5.41) is 5.79. The minimum atomic E-state index is 0.786. The highest BCUT2D eigenvalue weighted by Crippen LogP contribution is 2.25. The minimum absolute atomic E-state index is 0.786. The fourth-order valence-corrected chi connectivity index (χ4v) is 2.44. The lowest BCUT2D eigenvalue weighted by molar-refractivity contribution is 0.663. The zero-order chi connectivity index (χ0) is 14.5. The molecule has 3 aromatic rings. The molecular formula is C18H19N3. The van der Waals surface area contributed by atoms with Crippen LogP contribution in [-0.2, 0) is 6.54 Å². The predicted molar refractivity (Wildman–Crippen MR) is 87.0 cm³/mol. The topological polar surface area (TPSA) is 37.8 Å². The third kappa shape index (κ3) is 3.09. The molecule has 1 N–H and O–H groups in total. The van der Waals surface area contributed by atoms with Crippen molar-refractivity contribution in [3.63, 3.8) is 0 Å². The van der Waals surface area contributed by atoms with Crippen molar-refractivity contribution in [3.8, 4) is 11.4 Å². The van der Waals surface area contributed by atoms with E-state index in [4.69, 9.17) is 4.98 Å². The number of hydrogen-bond donors (Lipinski definition) is 1. The lowest BCUT2D eigenvalue weighted by Crippen LogP contribution is -2.15. The molecule has 0 aliphatic heterocycles. The van der Waals surface area contributed by atoms with E-state index in [-0.39, 0.29) is 0 Å². The Morgan fingerprint density at radius 2 is 1.86 bits per heavy atom. The highest BCUT2D eigenvalue weighted by atomic mass is 14.9. The Labute approximate surface area is 125 Å². The van der Waals surface area contributed by atoms with Gasteiger partial charge >= 0.3 is 0 Å². The SMILES string of the molecule is CCCNCc1ccnc(-c2cccc3ccccc23)n1. The Morgan fingerprint density at radius 1 is 1.00 bits per heavy atom. The van der Waals surface area contributed by atoms with Crippen LogP contribution in [0.4, 0.5) is 0 Å². The van der Waals surface area contributed by atoms with E-state index in [1.165, 1.54) is 10.8 Å². The lowest BCUT2D eigenvalue weighted by atomic mass is 10.0. The highest BCUT2D eigenvalue weighted by Gasteiger charge is 2.06. The summed E-state index contributed by atoms with van der Waals surface area (Å²) in [6, 6.07) is 16.6. The van der Waals surface area contributed by atoms with Gasteiger partial charge in [0.2, 0.25) is 0 Å². The van der Waals surface area contributed by atoms with E-state index in [0.29, 0.717) is 0 Å². The van der Waals surface area contributed by atoms with Gasteiger partial charge in [-0.3, -0.25) is 0 Å². The number of nitrogens with zero attached hydrogens (tertiary/aromatic N) is 2. The Balaban J connectivity index is 1.97. The molecule has 1 aromatic heterocycles. The maximum atomic E-state index is 4.69. The zero-order valence-electron chi connectivity index (χ0n) is 12.2. The van der Waals surface area contributed by atoms with Gasteiger partial charge in [-0.25, -0.2) is 9.97 Å². The van der Waals surface area contributed by atoms with E-state index in [1.807, 2.05) is 12.3 Å². The first kappa shape index (κ1) is 13.7. The van der Waals surface area contributed by atoms with Crippen molar-refractivity contribution < 1.29 is 0 Å². The standard InChI is InChI=1S/C18H19N3/c1-2-11-19-13-15-10-12-20-18(21-15)17-9-5-7-14-6-3-4-8-16(14)17/h3-10,12,19H,2,11,13H2,1H3. The molecule has 1 heterocycles. The number of aromatic nitrogens is 2. The molecule has 0 atom stereocenters. The van der Waals surface area contributed by atoms with Gasteiger partial charge in [0.1, 0.15) is 0 Å². The second-order valence-corrected chi connectivity index (χ2v) is 5.08. The van der Waals surface area contributed by atoms with Gasteiger partial charge in [0, 0.05) is 18.3 Å². The molecule has 0 aliphatic carbocycles. The average molecular weight is 277 g/mol. The molecule has 0 saturated heterocycles. The van der Waals surface area contributed by atoms with Crippen LogP contribution >= 0.6 is 0 Å². The number of rotatable bonds is 5. The monoisotopic (exact) mass is 277 g/mol. The van der Waals surface area contributed by atoms with E-state index in [2.05, 4.69) is 59.7 Å². The summed E-state index contributed by atoms with van der Waals surface area (Å²) in [5.74, 6) is 0.794. The first-order chi connectivity index (χ1) is 10.4. The highest BCUT2D eigenvalue weighted by molar-refractivity contribution is 5.94. The molecule has 0 saturated carbocycles. The van der Waals surface area contributed by atoms with E-state index in [1.54, 1.807) is 0 Å². The zero-order valence-corrected chi connectivity index (χ0v) is 12.2. The minimum Gasteiger partial charge on any atom is -0.311 e. The largest absolute Gasteiger partial charge is 0.311 e. The third-order valence-electron chi connectivity index (χ3n) is 3.48. The van der Waals surface area contributed by atoms with Crippen LogP contribution in [0, 0.1) is 0 Å². The van der Waals surface area contributed by atoms with Gasteiger partial charge in [0.05, 0.1) is 5.69 Å². The molecule has 0 amide bonds. The van der Waals surface area contributed by atoms with Crippen molar-refractivity contribution in [2.24, 2.45) is 0 Å². The van der Waals surface area contributed by atoms with Gasteiger partial charge in [-0.05, 0) is 29.8 Å². The molecule has 106 valence electrons. The van der Waals surface area contributed by atoms with Crippen LogP contribution in [0.15, 0.2) is 54.7 Å². The smallest absolute Gasteiger partial charge is 0.160 e. The second kappa shape index (κ2) is 6.46. The van der Waals surface area contributed by atoms with Crippen molar-refractivity contribution in [2.45, 2.75) is 19.9 Å². The number of nitrogens with one attached hydrogen (secondary N) is 1. The molecule has 2 aromatic carbocycles. The average Bonchev–Trinajstić information content (AvgIpc) is 2.55. The van der Waals surface area contributed by atoms with Crippen LogP contribution in [0.25, 0.3) is 22.2 Å². The first-order valence-corrected chi connectivity index (χ1v) is 7.39. The van der Waals surface area contributed by atoms with Crippen LogP contribution in [0.5, 0.6) is 0 Å². The molecule has 0 spiro atoms. The Morgan fingerprint density at radius 3 is 2.76 bits per heavy atom. The molecular weight excluding hydrogens is 258 g/mol. The van der Waals surface area contributed by atoms with Crippen molar-refractivity contribution in [2.75, 3.05) is 6.54 Å². The van der Waals surface area contributed by atoms with Gasteiger partial charge in [-0.1, -0.05) is 49.4 Å². The molecule has 0 fully saturated rings. The molecule has 3 nitrogen and oxygen atoms in total.